The van der Waals surface area contributed by atoms with E-state index in [9.17, 15) is 9.90 Å². The molecule has 0 spiro atoms. The number of amides is 1. The minimum Gasteiger partial charge on any atom is -0.392 e. The summed E-state index contributed by atoms with van der Waals surface area (Å²) < 4.78 is 14.9. The standard InChI is InChI=1S/C33H31N5O4S/c1-22-29(21-43-33-35-36-37-38(33)28-13-6-3-7-14-28)41-32(42-30(22)24-17-15-23(20-39)16-18-24)26-11-8-12-27(19-26)34-31(40)25-9-4-2-5-10-25/h2-19,22,29-30,32,39H,20-21H2,1H3,(H,34,40)/t22-,29+,30+,32+/m0/s1. The zero-order valence-electron chi connectivity index (χ0n) is 23.5. The Morgan fingerprint density at radius 3 is 2.40 bits per heavy atom. The van der Waals surface area contributed by atoms with Crippen molar-refractivity contribution < 1.29 is 19.4 Å². The van der Waals surface area contributed by atoms with Crippen molar-refractivity contribution in [1.82, 2.24) is 20.2 Å². The Morgan fingerprint density at radius 1 is 0.907 bits per heavy atom. The average Bonchev–Trinajstić information content (AvgIpc) is 3.54. The molecule has 43 heavy (non-hydrogen) atoms. The van der Waals surface area contributed by atoms with Gasteiger partial charge in [-0.15, -0.1) is 5.10 Å². The van der Waals surface area contributed by atoms with Gasteiger partial charge in [0, 0.05) is 28.5 Å². The number of rotatable bonds is 9. The molecule has 5 aromatic rings. The van der Waals surface area contributed by atoms with Crippen LogP contribution in [-0.4, -0.2) is 43.1 Å². The summed E-state index contributed by atoms with van der Waals surface area (Å²) in [6, 6.07) is 34.2. The van der Waals surface area contributed by atoms with E-state index in [1.807, 2.05) is 97.1 Å². The van der Waals surface area contributed by atoms with Crippen LogP contribution in [0.4, 0.5) is 5.69 Å². The number of aliphatic hydroxyl groups excluding tert-OH is 1. The van der Waals surface area contributed by atoms with Gasteiger partial charge >= 0.3 is 0 Å². The normalized spacial score (nSPS) is 20.0. The van der Waals surface area contributed by atoms with Gasteiger partial charge in [0.2, 0.25) is 5.16 Å². The summed E-state index contributed by atoms with van der Waals surface area (Å²) >= 11 is 1.52. The van der Waals surface area contributed by atoms with Gasteiger partial charge in [0.05, 0.1) is 24.5 Å². The molecule has 0 saturated carbocycles. The van der Waals surface area contributed by atoms with E-state index in [2.05, 4.69) is 27.8 Å². The first-order valence-corrected chi connectivity index (χ1v) is 15.0. The van der Waals surface area contributed by atoms with Gasteiger partial charge in [-0.2, -0.15) is 4.68 Å². The summed E-state index contributed by atoms with van der Waals surface area (Å²) in [4.78, 5) is 12.8. The highest BCUT2D eigenvalue weighted by Crippen LogP contribution is 2.43. The summed E-state index contributed by atoms with van der Waals surface area (Å²) in [6.07, 6.45) is -1.16. The van der Waals surface area contributed by atoms with Gasteiger partial charge in [0.1, 0.15) is 0 Å². The Balaban J connectivity index is 1.25. The first-order valence-electron chi connectivity index (χ1n) is 14.0. The number of anilines is 1. The minimum atomic E-state index is -0.678. The third kappa shape index (κ3) is 6.68. The number of hydrogen-bond donors (Lipinski definition) is 2. The zero-order valence-corrected chi connectivity index (χ0v) is 24.3. The van der Waals surface area contributed by atoms with E-state index in [1.54, 1.807) is 16.8 Å². The number of carbonyl (C=O) groups is 1. The van der Waals surface area contributed by atoms with Crippen LogP contribution in [0, 0.1) is 5.92 Å². The van der Waals surface area contributed by atoms with Gasteiger partial charge in [-0.25, -0.2) is 0 Å². The smallest absolute Gasteiger partial charge is 0.255 e. The van der Waals surface area contributed by atoms with Crippen LogP contribution >= 0.6 is 11.8 Å². The summed E-state index contributed by atoms with van der Waals surface area (Å²) in [5.74, 6) is 0.388. The molecule has 0 unspecified atom stereocenters. The summed E-state index contributed by atoms with van der Waals surface area (Å²) in [7, 11) is 0. The first kappa shape index (κ1) is 28.8. The molecule has 2 heterocycles. The van der Waals surface area contributed by atoms with Gasteiger partial charge in [0.25, 0.3) is 5.91 Å². The number of aliphatic hydroxyl groups is 1. The molecule has 0 radical (unpaired) electrons. The second-order valence-corrected chi connectivity index (χ2v) is 11.3. The largest absolute Gasteiger partial charge is 0.392 e. The van der Waals surface area contributed by atoms with Crippen LogP contribution < -0.4 is 5.32 Å². The Kier molecular flexibility index (Phi) is 8.90. The molecular weight excluding hydrogens is 562 g/mol. The molecule has 2 N–H and O–H groups in total. The van der Waals surface area contributed by atoms with Crippen molar-refractivity contribution in [1.29, 1.82) is 0 Å². The van der Waals surface area contributed by atoms with Gasteiger partial charge in [-0.1, -0.05) is 91.5 Å². The highest BCUT2D eigenvalue weighted by Gasteiger charge is 2.38. The maximum atomic E-state index is 12.8. The molecule has 9 nitrogen and oxygen atoms in total. The number of nitrogens with one attached hydrogen (secondary N) is 1. The molecular formula is C33H31N5O4S. The van der Waals surface area contributed by atoms with Gasteiger partial charge in [-0.05, 0) is 58.0 Å². The number of carbonyl (C=O) groups excluding carboxylic acids is 1. The van der Waals surface area contributed by atoms with Gasteiger partial charge in [0.15, 0.2) is 6.29 Å². The lowest BCUT2D eigenvalue weighted by molar-refractivity contribution is -0.268. The van der Waals surface area contributed by atoms with E-state index in [1.165, 1.54) is 11.8 Å². The van der Waals surface area contributed by atoms with E-state index < -0.39 is 6.29 Å². The maximum Gasteiger partial charge on any atom is 0.255 e. The molecule has 1 aromatic heterocycles. The van der Waals surface area contributed by atoms with Crippen molar-refractivity contribution in [2.45, 2.75) is 37.2 Å². The summed E-state index contributed by atoms with van der Waals surface area (Å²) in [5, 5.41) is 25.5. The van der Waals surface area contributed by atoms with Gasteiger partial charge in [-0.3, -0.25) is 4.79 Å². The van der Waals surface area contributed by atoms with Crippen LogP contribution in [0.25, 0.3) is 5.69 Å². The predicted molar refractivity (Wildman–Crippen MR) is 164 cm³/mol. The lowest BCUT2D eigenvalue weighted by Crippen LogP contribution is -2.38. The maximum absolute atomic E-state index is 12.8. The number of benzene rings is 4. The number of hydrogen-bond acceptors (Lipinski definition) is 8. The Labute approximate surface area is 253 Å². The minimum absolute atomic E-state index is 0.00857. The van der Waals surface area contributed by atoms with E-state index in [0.29, 0.717) is 22.2 Å². The predicted octanol–water partition coefficient (Wildman–Crippen LogP) is 5.99. The third-order valence-electron chi connectivity index (χ3n) is 7.39. The number of para-hydroxylation sites is 1. The molecule has 1 fully saturated rings. The fourth-order valence-corrected chi connectivity index (χ4v) is 6.08. The second kappa shape index (κ2) is 13.3. The Bertz CT molecular complexity index is 1650. The topological polar surface area (TPSA) is 111 Å². The van der Waals surface area contributed by atoms with Crippen molar-refractivity contribution in [2.24, 2.45) is 5.92 Å². The van der Waals surface area contributed by atoms with Crippen molar-refractivity contribution in [3.8, 4) is 5.69 Å². The summed E-state index contributed by atoms with van der Waals surface area (Å²) in [6.45, 7) is 2.09. The quantitative estimate of drug-likeness (QED) is 0.201. The number of nitrogens with zero attached hydrogens (tertiary/aromatic N) is 4. The number of aromatic nitrogens is 4. The van der Waals surface area contributed by atoms with Crippen LogP contribution in [0.2, 0.25) is 0 Å². The molecule has 1 aliphatic heterocycles. The van der Waals surface area contributed by atoms with Crippen molar-refractivity contribution in [3.05, 3.63) is 131 Å². The number of thioether (sulfide) groups is 1. The number of ether oxygens (including phenoxy) is 2. The van der Waals surface area contributed by atoms with Crippen molar-refractivity contribution in [2.75, 3.05) is 11.1 Å². The highest BCUT2D eigenvalue weighted by atomic mass is 32.2. The SMILES string of the molecule is C[C@H]1[C@@H](CSc2nnnn2-c2ccccc2)O[C@@H](c2cccc(NC(=O)c3ccccc3)c2)O[C@H]1c1ccc(CO)cc1. The van der Waals surface area contributed by atoms with E-state index in [-0.39, 0.29) is 30.6 Å². The first-order chi connectivity index (χ1) is 21.1. The lowest BCUT2D eigenvalue weighted by atomic mass is 9.91. The molecule has 10 heteroatoms. The average molecular weight is 594 g/mol. The summed E-state index contributed by atoms with van der Waals surface area (Å²) in [5.41, 5.74) is 4.73. The fraction of sp³-hybridized carbons (Fsp3) is 0.212. The lowest BCUT2D eigenvalue weighted by Gasteiger charge is -2.41. The van der Waals surface area contributed by atoms with Crippen LogP contribution in [-0.2, 0) is 16.1 Å². The molecule has 1 amide bonds. The van der Waals surface area contributed by atoms with Gasteiger partial charge < -0.3 is 19.9 Å². The van der Waals surface area contributed by atoms with Crippen LogP contribution in [0.5, 0.6) is 0 Å². The van der Waals surface area contributed by atoms with Crippen LogP contribution in [0.15, 0.2) is 114 Å². The molecule has 4 aromatic carbocycles. The molecule has 4 atom stereocenters. The monoisotopic (exact) mass is 593 g/mol. The molecule has 0 aliphatic carbocycles. The van der Waals surface area contributed by atoms with Crippen LogP contribution in [0.1, 0.15) is 46.4 Å². The third-order valence-corrected chi connectivity index (χ3v) is 8.40. The van der Waals surface area contributed by atoms with E-state index in [0.717, 1.165) is 22.4 Å². The Morgan fingerprint density at radius 2 is 1.65 bits per heavy atom. The molecule has 218 valence electrons. The van der Waals surface area contributed by atoms with Crippen molar-refractivity contribution >= 4 is 23.4 Å². The van der Waals surface area contributed by atoms with Crippen molar-refractivity contribution in [3.63, 3.8) is 0 Å². The zero-order chi connectivity index (χ0) is 29.6. The van der Waals surface area contributed by atoms with E-state index >= 15 is 0 Å². The Hall–Kier alpha value is -4.35. The molecule has 6 rings (SSSR count). The van der Waals surface area contributed by atoms with E-state index in [4.69, 9.17) is 9.47 Å². The molecule has 0 bridgehead atoms. The molecule has 1 aliphatic rings. The number of tetrazole rings is 1. The second-order valence-electron chi connectivity index (χ2n) is 10.3. The highest BCUT2D eigenvalue weighted by molar-refractivity contribution is 7.99. The molecule has 1 saturated heterocycles. The fourth-order valence-electron chi connectivity index (χ4n) is 5.02. The van der Waals surface area contributed by atoms with Crippen LogP contribution in [0.3, 0.4) is 0 Å².